The van der Waals surface area contributed by atoms with Gasteiger partial charge in [0.2, 0.25) is 0 Å². The van der Waals surface area contributed by atoms with Crippen molar-refractivity contribution in [2.45, 2.75) is 33.6 Å². The number of hydrogen-bond donors (Lipinski definition) is 2. The topological polar surface area (TPSA) is 52.6 Å². The van der Waals surface area contributed by atoms with E-state index in [9.17, 15) is 4.79 Å². The largest absolute Gasteiger partial charge is 0.395 e. The predicted molar refractivity (Wildman–Crippen MR) is 61.8 cm³/mol. The van der Waals surface area contributed by atoms with Gasteiger partial charge in [0.05, 0.1) is 6.61 Å². The maximum absolute atomic E-state index is 11.4. The summed E-state index contributed by atoms with van der Waals surface area (Å²) in [6.07, 6.45) is 2.08. The Morgan fingerprint density at radius 2 is 2.00 bits per heavy atom. The van der Waals surface area contributed by atoms with Crippen molar-refractivity contribution in [1.82, 2.24) is 10.2 Å². The van der Waals surface area contributed by atoms with Gasteiger partial charge in [-0.15, -0.1) is 0 Å². The average Bonchev–Trinajstić information content (AvgIpc) is 2.11. The maximum Gasteiger partial charge on any atom is 0.317 e. The molecular weight excluding hydrogens is 192 g/mol. The molecule has 0 atom stereocenters. The molecule has 4 nitrogen and oxygen atoms in total. The zero-order valence-corrected chi connectivity index (χ0v) is 10.3. The fourth-order valence-electron chi connectivity index (χ4n) is 1.20. The molecule has 0 aromatic heterocycles. The van der Waals surface area contributed by atoms with Crippen molar-refractivity contribution >= 4 is 6.03 Å². The number of aliphatic hydroxyl groups excluding tert-OH is 1. The summed E-state index contributed by atoms with van der Waals surface area (Å²) in [5, 5.41) is 11.5. The third kappa shape index (κ3) is 8.24. The number of amides is 2. The van der Waals surface area contributed by atoms with Gasteiger partial charge in [-0.1, -0.05) is 20.8 Å². The van der Waals surface area contributed by atoms with Gasteiger partial charge in [-0.3, -0.25) is 0 Å². The van der Waals surface area contributed by atoms with Crippen molar-refractivity contribution in [3.05, 3.63) is 0 Å². The first-order valence-electron chi connectivity index (χ1n) is 5.46. The lowest BCUT2D eigenvalue weighted by atomic mass is 9.91. The molecule has 0 fully saturated rings. The van der Waals surface area contributed by atoms with Crippen molar-refractivity contribution in [2.75, 3.05) is 26.7 Å². The van der Waals surface area contributed by atoms with Crippen LogP contribution in [0.25, 0.3) is 0 Å². The lowest BCUT2D eigenvalue weighted by Gasteiger charge is -2.19. The number of nitrogens with zero attached hydrogens (tertiary/aromatic N) is 1. The molecule has 4 heteroatoms. The van der Waals surface area contributed by atoms with E-state index >= 15 is 0 Å². The lowest BCUT2D eigenvalue weighted by Crippen LogP contribution is -2.39. The third-order valence-electron chi connectivity index (χ3n) is 2.16. The highest BCUT2D eigenvalue weighted by Gasteiger charge is 2.10. The molecule has 0 saturated heterocycles. The Labute approximate surface area is 92.7 Å². The normalized spacial score (nSPS) is 11.3. The summed E-state index contributed by atoms with van der Waals surface area (Å²) in [5.74, 6) is 0. The minimum absolute atomic E-state index is 0.00586. The van der Waals surface area contributed by atoms with Crippen LogP contribution in [-0.2, 0) is 0 Å². The fourth-order valence-corrected chi connectivity index (χ4v) is 1.20. The third-order valence-corrected chi connectivity index (χ3v) is 2.16. The first-order valence-corrected chi connectivity index (χ1v) is 5.46. The van der Waals surface area contributed by atoms with Crippen LogP contribution in [-0.4, -0.2) is 42.8 Å². The molecule has 0 rings (SSSR count). The van der Waals surface area contributed by atoms with E-state index in [2.05, 4.69) is 26.1 Å². The van der Waals surface area contributed by atoms with Crippen LogP contribution >= 0.6 is 0 Å². The van der Waals surface area contributed by atoms with Crippen LogP contribution in [0.5, 0.6) is 0 Å². The molecule has 0 spiro atoms. The van der Waals surface area contributed by atoms with Crippen molar-refractivity contribution in [3.63, 3.8) is 0 Å². The number of aliphatic hydroxyl groups is 1. The van der Waals surface area contributed by atoms with Crippen molar-refractivity contribution in [2.24, 2.45) is 5.41 Å². The van der Waals surface area contributed by atoms with Crippen LogP contribution in [0.4, 0.5) is 4.79 Å². The Kier molecular flexibility index (Phi) is 6.32. The summed E-state index contributed by atoms with van der Waals surface area (Å²) >= 11 is 0. The summed E-state index contributed by atoms with van der Waals surface area (Å²) in [6.45, 7) is 7.65. The van der Waals surface area contributed by atoms with Crippen LogP contribution < -0.4 is 5.32 Å². The van der Waals surface area contributed by atoms with E-state index in [1.165, 1.54) is 4.90 Å². The first-order chi connectivity index (χ1) is 6.87. The van der Waals surface area contributed by atoms with E-state index in [0.717, 1.165) is 12.8 Å². The fraction of sp³-hybridized carbons (Fsp3) is 0.909. The van der Waals surface area contributed by atoms with E-state index in [1.54, 1.807) is 7.05 Å². The average molecular weight is 216 g/mol. The van der Waals surface area contributed by atoms with E-state index in [4.69, 9.17) is 5.11 Å². The second-order valence-corrected chi connectivity index (χ2v) is 5.04. The molecule has 0 aliphatic heterocycles. The van der Waals surface area contributed by atoms with E-state index in [1.807, 2.05) is 0 Å². The number of nitrogens with one attached hydrogen (secondary N) is 1. The Balaban J connectivity index is 3.55. The van der Waals surface area contributed by atoms with E-state index in [0.29, 0.717) is 18.5 Å². The van der Waals surface area contributed by atoms with Crippen molar-refractivity contribution in [1.29, 1.82) is 0 Å². The van der Waals surface area contributed by atoms with Gasteiger partial charge in [0.25, 0.3) is 0 Å². The number of carbonyl (C=O) groups excluding carboxylic acids is 1. The predicted octanol–water partition coefficient (Wildman–Crippen LogP) is 1.45. The monoisotopic (exact) mass is 216 g/mol. The molecule has 2 N–H and O–H groups in total. The molecule has 0 saturated carbocycles. The van der Waals surface area contributed by atoms with Crippen LogP contribution in [0.15, 0.2) is 0 Å². The molecule has 0 heterocycles. The summed E-state index contributed by atoms with van der Waals surface area (Å²) in [7, 11) is 1.68. The molecule has 2 amide bonds. The quantitative estimate of drug-likeness (QED) is 0.683. The molecular formula is C11H24N2O2. The number of hydrogen-bond acceptors (Lipinski definition) is 2. The van der Waals surface area contributed by atoms with Crippen molar-refractivity contribution < 1.29 is 9.90 Å². The van der Waals surface area contributed by atoms with Gasteiger partial charge in [0.15, 0.2) is 0 Å². The first kappa shape index (κ1) is 14.2. The molecule has 0 unspecified atom stereocenters. The molecule has 0 bridgehead atoms. The van der Waals surface area contributed by atoms with Gasteiger partial charge in [-0.25, -0.2) is 4.79 Å². The summed E-state index contributed by atoms with van der Waals surface area (Å²) in [6, 6.07) is -0.113. The Morgan fingerprint density at radius 1 is 1.40 bits per heavy atom. The zero-order chi connectivity index (χ0) is 11.9. The highest BCUT2D eigenvalue weighted by molar-refractivity contribution is 5.73. The number of urea groups is 1. The Bertz CT molecular complexity index is 188. The minimum atomic E-state index is -0.113. The summed E-state index contributed by atoms with van der Waals surface area (Å²) in [5.41, 5.74) is 0.321. The van der Waals surface area contributed by atoms with Gasteiger partial charge >= 0.3 is 6.03 Å². The minimum Gasteiger partial charge on any atom is -0.395 e. The van der Waals surface area contributed by atoms with Crippen LogP contribution in [0.1, 0.15) is 33.6 Å². The summed E-state index contributed by atoms with van der Waals surface area (Å²) < 4.78 is 0. The Hall–Kier alpha value is -0.770. The van der Waals surface area contributed by atoms with Gasteiger partial charge < -0.3 is 15.3 Å². The molecule has 0 aromatic rings. The van der Waals surface area contributed by atoms with Crippen LogP contribution in [0.3, 0.4) is 0 Å². The Morgan fingerprint density at radius 3 is 2.47 bits per heavy atom. The SMILES string of the molecule is CN(CCO)C(=O)NCCCC(C)(C)C. The summed E-state index contributed by atoms with van der Waals surface area (Å²) in [4.78, 5) is 12.8. The van der Waals surface area contributed by atoms with Gasteiger partial charge in [-0.05, 0) is 18.3 Å². The molecule has 0 aliphatic carbocycles. The zero-order valence-electron chi connectivity index (χ0n) is 10.3. The van der Waals surface area contributed by atoms with Crippen molar-refractivity contribution in [3.8, 4) is 0 Å². The number of likely N-dealkylation sites (N-methyl/N-ethyl adjacent to an activating group) is 1. The van der Waals surface area contributed by atoms with Crippen LogP contribution in [0, 0.1) is 5.41 Å². The van der Waals surface area contributed by atoms with E-state index in [-0.39, 0.29) is 12.6 Å². The smallest absolute Gasteiger partial charge is 0.317 e. The van der Waals surface area contributed by atoms with Gasteiger partial charge in [0, 0.05) is 20.1 Å². The highest BCUT2D eigenvalue weighted by atomic mass is 16.3. The number of rotatable bonds is 5. The standard InChI is InChI=1S/C11H24N2O2/c1-11(2,3)6-5-7-12-10(15)13(4)8-9-14/h14H,5-9H2,1-4H3,(H,12,15). The molecule has 15 heavy (non-hydrogen) atoms. The van der Waals surface area contributed by atoms with E-state index < -0.39 is 0 Å². The second-order valence-electron chi connectivity index (χ2n) is 5.04. The molecule has 0 aromatic carbocycles. The molecule has 90 valence electrons. The molecule has 0 aliphatic rings. The van der Waals surface area contributed by atoms with Gasteiger partial charge in [-0.2, -0.15) is 0 Å². The number of carbonyl (C=O) groups is 1. The maximum atomic E-state index is 11.4. The lowest BCUT2D eigenvalue weighted by molar-refractivity contribution is 0.190. The molecule has 0 radical (unpaired) electrons. The van der Waals surface area contributed by atoms with Gasteiger partial charge in [0.1, 0.15) is 0 Å². The highest BCUT2D eigenvalue weighted by Crippen LogP contribution is 2.19. The second kappa shape index (κ2) is 6.67. The van der Waals surface area contributed by atoms with Crippen LogP contribution in [0.2, 0.25) is 0 Å².